The molecule has 0 fully saturated rings. The molecule has 0 aliphatic carbocycles. The zero-order valence-corrected chi connectivity index (χ0v) is 14.0. The van der Waals surface area contributed by atoms with Gasteiger partial charge in [0, 0.05) is 32.2 Å². The number of nitrogens with one attached hydrogen (secondary N) is 2. The zero-order chi connectivity index (χ0) is 16.6. The van der Waals surface area contributed by atoms with Crippen LogP contribution in [0.5, 0.6) is 0 Å². The Hall–Kier alpha value is -2.32. The van der Waals surface area contributed by atoms with E-state index in [1.165, 1.54) is 18.7 Å². The Morgan fingerprint density at radius 2 is 2.09 bits per heavy atom. The lowest BCUT2D eigenvalue weighted by Crippen LogP contribution is -2.13. The summed E-state index contributed by atoms with van der Waals surface area (Å²) in [5.41, 5.74) is 1.64. The van der Waals surface area contributed by atoms with Gasteiger partial charge in [-0.3, -0.25) is 4.72 Å². The molecule has 0 aliphatic rings. The molecule has 2 heterocycles. The van der Waals surface area contributed by atoms with Crippen molar-refractivity contribution in [2.45, 2.75) is 4.90 Å². The second-order valence-corrected chi connectivity index (χ2v) is 7.16. The molecule has 0 saturated heterocycles. The van der Waals surface area contributed by atoms with Crippen LogP contribution >= 0.6 is 11.6 Å². The normalized spacial score (nSPS) is 11.6. The van der Waals surface area contributed by atoms with E-state index in [4.69, 9.17) is 11.6 Å². The van der Waals surface area contributed by atoms with Gasteiger partial charge >= 0.3 is 0 Å². The van der Waals surface area contributed by atoms with Gasteiger partial charge in [0.1, 0.15) is 16.9 Å². The van der Waals surface area contributed by atoms with Gasteiger partial charge in [-0.2, -0.15) is 0 Å². The summed E-state index contributed by atoms with van der Waals surface area (Å²) in [6.45, 7) is 0. The number of aromatic amines is 1. The minimum atomic E-state index is -3.81. The van der Waals surface area contributed by atoms with Crippen molar-refractivity contribution < 1.29 is 8.42 Å². The standard InChI is InChI=1S/C14H14ClN5O2S/c1-20(2)9-3-4-12(11(15)5-9)19-23(21,22)13-7-17-14-10(13)6-16-8-18-14/h3-8,19H,1-2H3,(H,16,17,18). The van der Waals surface area contributed by atoms with E-state index in [1.54, 1.807) is 18.2 Å². The van der Waals surface area contributed by atoms with Crippen molar-refractivity contribution in [3.05, 3.63) is 41.9 Å². The van der Waals surface area contributed by atoms with Gasteiger partial charge in [-0.15, -0.1) is 0 Å². The number of aromatic nitrogens is 3. The molecule has 7 nitrogen and oxygen atoms in total. The van der Waals surface area contributed by atoms with Crippen LogP contribution in [0.25, 0.3) is 11.0 Å². The van der Waals surface area contributed by atoms with Gasteiger partial charge < -0.3 is 9.88 Å². The molecule has 0 atom stereocenters. The van der Waals surface area contributed by atoms with Crippen LogP contribution in [0.1, 0.15) is 0 Å². The maximum Gasteiger partial charge on any atom is 0.264 e. The molecule has 0 amide bonds. The molecule has 0 unspecified atom stereocenters. The number of rotatable bonds is 4. The predicted molar refractivity (Wildman–Crippen MR) is 90.5 cm³/mol. The molecule has 1 aromatic carbocycles. The van der Waals surface area contributed by atoms with Gasteiger partial charge in [-0.25, -0.2) is 18.4 Å². The topological polar surface area (TPSA) is 91.0 Å². The monoisotopic (exact) mass is 351 g/mol. The van der Waals surface area contributed by atoms with E-state index in [0.717, 1.165) is 5.69 Å². The molecular formula is C14H14ClN5O2S. The van der Waals surface area contributed by atoms with Gasteiger partial charge in [-0.1, -0.05) is 11.6 Å². The molecule has 120 valence electrons. The first-order chi connectivity index (χ1) is 10.9. The van der Waals surface area contributed by atoms with Gasteiger partial charge in [-0.05, 0) is 18.2 Å². The smallest absolute Gasteiger partial charge is 0.264 e. The fourth-order valence-electron chi connectivity index (χ4n) is 2.12. The van der Waals surface area contributed by atoms with E-state index in [2.05, 4.69) is 19.7 Å². The van der Waals surface area contributed by atoms with Crippen LogP contribution in [0.4, 0.5) is 11.4 Å². The van der Waals surface area contributed by atoms with Crippen molar-refractivity contribution in [3.63, 3.8) is 0 Å². The Morgan fingerprint density at radius 3 is 2.78 bits per heavy atom. The quantitative estimate of drug-likeness (QED) is 0.753. The van der Waals surface area contributed by atoms with Gasteiger partial charge in [0.25, 0.3) is 10.0 Å². The molecule has 0 spiro atoms. The molecule has 0 radical (unpaired) electrons. The van der Waals surface area contributed by atoms with Crippen molar-refractivity contribution in [1.29, 1.82) is 0 Å². The fraction of sp³-hybridized carbons (Fsp3) is 0.143. The Morgan fingerprint density at radius 1 is 1.30 bits per heavy atom. The van der Waals surface area contributed by atoms with E-state index in [-0.39, 0.29) is 4.90 Å². The molecule has 0 saturated carbocycles. The Labute approximate surface area is 138 Å². The lowest BCUT2D eigenvalue weighted by Gasteiger charge is -2.15. The molecule has 23 heavy (non-hydrogen) atoms. The SMILES string of the molecule is CN(C)c1ccc(NS(=O)(=O)c2c[nH]c3ncncc23)c(Cl)c1. The summed E-state index contributed by atoms with van der Waals surface area (Å²) in [6.07, 6.45) is 4.17. The van der Waals surface area contributed by atoms with Crippen LogP contribution in [0.15, 0.2) is 41.8 Å². The summed E-state index contributed by atoms with van der Waals surface area (Å²) in [7, 11) is -0.0586. The van der Waals surface area contributed by atoms with Crippen LogP contribution in [0, 0.1) is 0 Å². The number of halogens is 1. The van der Waals surface area contributed by atoms with Gasteiger partial charge in [0.05, 0.1) is 16.1 Å². The average molecular weight is 352 g/mol. The molecule has 0 bridgehead atoms. The van der Waals surface area contributed by atoms with E-state index in [0.29, 0.717) is 21.7 Å². The first-order valence-electron chi connectivity index (χ1n) is 6.65. The molecule has 3 aromatic rings. The first kappa shape index (κ1) is 15.6. The highest BCUT2D eigenvalue weighted by atomic mass is 35.5. The van der Waals surface area contributed by atoms with Crippen LogP contribution in [0.2, 0.25) is 5.02 Å². The number of anilines is 2. The fourth-order valence-corrected chi connectivity index (χ4v) is 3.63. The van der Waals surface area contributed by atoms with Crippen LogP contribution in [0.3, 0.4) is 0 Å². The van der Waals surface area contributed by atoms with E-state index in [9.17, 15) is 8.42 Å². The van der Waals surface area contributed by atoms with Gasteiger partial charge in [0.2, 0.25) is 0 Å². The molecule has 0 aliphatic heterocycles. The number of benzene rings is 1. The Bertz CT molecular complexity index is 968. The highest BCUT2D eigenvalue weighted by molar-refractivity contribution is 7.93. The Kier molecular flexibility index (Phi) is 3.87. The van der Waals surface area contributed by atoms with Crippen molar-refractivity contribution in [1.82, 2.24) is 15.0 Å². The minimum absolute atomic E-state index is 0.0702. The van der Waals surface area contributed by atoms with Gasteiger partial charge in [0.15, 0.2) is 0 Å². The number of H-pyrrole nitrogens is 1. The summed E-state index contributed by atoms with van der Waals surface area (Å²) in [4.78, 5) is 12.6. The van der Waals surface area contributed by atoms with Crippen LogP contribution in [-0.4, -0.2) is 37.5 Å². The number of sulfonamides is 1. The van der Waals surface area contributed by atoms with E-state index >= 15 is 0 Å². The van der Waals surface area contributed by atoms with Crippen molar-refractivity contribution >= 4 is 44.0 Å². The summed E-state index contributed by atoms with van der Waals surface area (Å²) in [5.74, 6) is 0. The number of nitrogens with zero attached hydrogens (tertiary/aromatic N) is 3. The Balaban J connectivity index is 1.99. The maximum absolute atomic E-state index is 12.6. The van der Waals surface area contributed by atoms with Crippen molar-refractivity contribution in [2.24, 2.45) is 0 Å². The second kappa shape index (κ2) is 5.71. The van der Waals surface area contributed by atoms with Crippen molar-refractivity contribution in [2.75, 3.05) is 23.7 Å². The highest BCUT2D eigenvalue weighted by Crippen LogP contribution is 2.30. The third-order valence-corrected chi connectivity index (χ3v) is 5.04. The lowest BCUT2D eigenvalue weighted by atomic mass is 10.3. The molecule has 3 rings (SSSR count). The number of fused-ring (bicyclic) bond motifs is 1. The van der Waals surface area contributed by atoms with Crippen LogP contribution in [-0.2, 0) is 10.0 Å². The third-order valence-electron chi connectivity index (χ3n) is 3.32. The number of hydrogen-bond acceptors (Lipinski definition) is 5. The predicted octanol–water partition coefficient (Wildman–Crippen LogP) is 2.48. The van der Waals surface area contributed by atoms with Crippen LogP contribution < -0.4 is 9.62 Å². The molecular weight excluding hydrogens is 338 g/mol. The summed E-state index contributed by atoms with van der Waals surface area (Å²) >= 11 is 6.17. The number of hydrogen-bond donors (Lipinski definition) is 2. The largest absolute Gasteiger partial charge is 0.378 e. The first-order valence-corrected chi connectivity index (χ1v) is 8.51. The zero-order valence-electron chi connectivity index (χ0n) is 12.4. The highest BCUT2D eigenvalue weighted by Gasteiger charge is 2.21. The average Bonchev–Trinajstić information content (AvgIpc) is 2.94. The molecule has 2 aromatic heterocycles. The third kappa shape index (κ3) is 2.95. The second-order valence-electron chi connectivity index (χ2n) is 5.10. The summed E-state index contributed by atoms with van der Waals surface area (Å²) in [6, 6.07) is 5.10. The summed E-state index contributed by atoms with van der Waals surface area (Å²) in [5, 5.41) is 0.733. The van der Waals surface area contributed by atoms with E-state index < -0.39 is 10.0 Å². The molecule has 2 N–H and O–H groups in total. The van der Waals surface area contributed by atoms with Crippen molar-refractivity contribution in [3.8, 4) is 0 Å². The summed E-state index contributed by atoms with van der Waals surface area (Å²) < 4.78 is 27.7. The molecule has 9 heteroatoms. The lowest BCUT2D eigenvalue weighted by molar-refractivity contribution is 0.602. The van der Waals surface area contributed by atoms with E-state index in [1.807, 2.05) is 19.0 Å². The maximum atomic E-state index is 12.6. The minimum Gasteiger partial charge on any atom is -0.378 e.